The molecule has 0 N–H and O–H groups in total. The molecule has 2 aromatic carbocycles. The van der Waals surface area contributed by atoms with Gasteiger partial charge in [-0.1, -0.05) is 40.2 Å². The van der Waals surface area contributed by atoms with Crippen LogP contribution in [0.3, 0.4) is 0 Å². The van der Waals surface area contributed by atoms with Crippen molar-refractivity contribution >= 4 is 50.9 Å². The SMILES string of the molecule is CN1C(=O)S/C(=C\c2cc(Br)ccc2OCc2ccc(C(=O)[O-])cc2)C1=O. The Labute approximate surface area is 167 Å². The van der Waals surface area contributed by atoms with Crippen molar-refractivity contribution in [1.29, 1.82) is 0 Å². The largest absolute Gasteiger partial charge is 0.545 e. The number of aromatic carboxylic acids is 1. The Bertz CT molecular complexity index is 955. The summed E-state index contributed by atoms with van der Waals surface area (Å²) in [5.41, 5.74) is 1.52. The molecule has 0 aliphatic carbocycles. The number of carboxylic acids is 1. The first kappa shape index (κ1) is 19.2. The summed E-state index contributed by atoms with van der Waals surface area (Å²) in [5.74, 6) is -1.05. The Morgan fingerprint density at radius 2 is 1.93 bits per heavy atom. The van der Waals surface area contributed by atoms with E-state index < -0.39 is 5.97 Å². The molecule has 0 saturated carbocycles. The quantitative estimate of drug-likeness (QED) is 0.655. The lowest BCUT2D eigenvalue weighted by molar-refractivity contribution is -0.255. The highest BCUT2D eigenvalue weighted by molar-refractivity contribution is 9.10. The fourth-order valence-corrected chi connectivity index (χ4v) is 3.55. The minimum absolute atomic E-state index is 0.0957. The zero-order chi connectivity index (χ0) is 19.6. The predicted octanol–water partition coefficient (Wildman–Crippen LogP) is 3.06. The third kappa shape index (κ3) is 4.40. The normalized spacial score (nSPS) is 15.5. The zero-order valence-corrected chi connectivity index (χ0v) is 16.5. The van der Waals surface area contributed by atoms with Crippen LogP contribution in [0.5, 0.6) is 5.75 Å². The number of nitrogens with zero attached hydrogens (tertiary/aromatic N) is 1. The summed E-state index contributed by atoms with van der Waals surface area (Å²) in [5, 5.41) is 10.5. The number of carbonyl (C=O) groups is 3. The van der Waals surface area contributed by atoms with Gasteiger partial charge in [0, 0.05) is 17.1 Å². The maximum atomic E-state index is 12.1. The standard InChI is InChI=1S/C19H14BrNO5S/c1-21-17(22)16(27-19(21)25)9-13-8-14(20)6-7-15(13)26-10-11-2-4-12(5-3-11)18(23)24/h2-9H,10H2,1H3,(H,23,24)/p-1/b16-9-. The fourth-order valence-electron chi connectivity index (χ4n) is 2.35. The van der Waals surface area contributed by atoms with E-state index in [0.717, 1.165) is 26.7 Å². The maximum Gasteiger partial charge on any atom is 0.293 e. The molecule has 0 bridgehead atoms. The lowest BCUT2D eigenvalue weighted by Gasteiger charge is -2.11. The third-order valence-corrected chi connectivity index (χ3v) is 5.28. The summed E-state index contributed by atoms with van der Waals surface area (Å²) in [6.45, 7) is 0.213. The zero-order valence-electron chi connectivity index (χ0n) is 14.1. The third-order valence-electron chi connectivity index (χ3n) is 3.83. The molecule has 138 valence electrons. The molecule has 1 heterocycles. The van der Waals surface area contributed by atoms with E-state index in [2.05, 4.69) is 15.9 Å². The van der Waals surface area contributed by atoms with E-state index >= 15 is 0 Å². The molecule has 0 aromatic heterocycles. The number of thioether (sulfide) groups is 1. The van der Waals surface area contributed by atoms with Crippen LogP contribution >= 0.6 is 27.7 Å². The van der Waals surface area contributed by atoms with E-state index in [-0.39, 0.29) is 23.3 Å². The van der Waals surface area contributed by atoms with E-state index in [1.807, 2.05) is 0 Å². The molecule has 1 saturated heterocycles. The number of benzene rings is 2. The number of hydrogen-bond acceptors (Lipinski definition) is 6. The lowest BCUT2D eigenvalue weighted by atomic mass is 10.1. The summed E-state index contributed by atoms with van der Waals surface area (Å²) in [7, 11) is 1.44. The summed E-state index contributed by atoms with van der Waals surface area (Å²) in [4.78, 5) is 35.9. The number of hydrogen-bond donors (Lipinski definition) is 0. The Balaban J connectivity index is 1.81. The minimum atomic E-state index is -1.23. The van der Waals surface area contributed by atoms with Crippen LogP contribution in [0.4, 0.5) is 4.79 Å². The average Bonchev–Trinajstić information content (AvgIpc) is 2.88. The van der Waals surface area contributed by atoms with Gasteiger partial charge >= 0.3 is 0 Å². The Hall–Kier alpha value is -2.58. The van der Waals surface area contributed by atoms with Crippen molar-refractivity contribution in [3.63, 3.8) is 0 Å². The highest BCUT2D eigenvalue weighted by Gasteiger charge is 2.32. The first-order valence-corrected chi connectivity index (χ1v) is 9.40. The van der Waals surface area contributed by atoms with Gasteiger partial charge in [-0.2, -0.15) is 0 Å². The molecule has 2 amide bonds. The van der Waals surface area contributed by atoms with Crippen LogP contribution in [0, 0.1) is 0 Å². The number of rotatable bonds is 5. The summed E-state index contributed by atoms with van der Waals surface area (Å²) in [6, 6.07) is 11.5. The van der Waals surface area contributed by atoms with Crippen LogP contribution < -0.4 is 9.84 Å². The van der Waals surface area contributed by atoms with Crippen LogP contribution in [0.1, 0.15) is 21.5 Å². The highest BCUT2D eigenvalue weighted by atomic mass is 79.9. The fraction of sp³-hybridized carbons (Fsp3) is 0.105. The molecule has 0 radical (unpaired) electrons. The van der Waals surface area contributed by atoms with Gasteiger partial charge in [0.2, 0.25) is 0 Å². The van der Waals surface area contributed by atoms with Crippen LogP contribution in [0.15, 0.2) is 51.8 Å². The smallest absolute Gasteiger partial charge is 0.293 e. The second-order valence-corrected chi connectivity index (χ2v) is 7.60. The minimum Gasteiger partial charge on any atom is -0.545 e. The van der Waals surface area contributed by atoms with Crippen molar-refractivity contribution in [2.24, 2.45) is 0 Å². The monoisotopic (exact) mass is 446 g/mol. The molecule has 2 aromatic rings. The number of ether oxygens (including phenoxy) is 1. The van der Waals surface area contributed by atoms with E-state index in [1.54, 1.807) is 36.4 Å². The van der Waals surface area contributed by atoms with Gasteiger partial charge in [0.25, 0.3) is 11.1 Å². The molecule has 0 atom stereocenters. The van der Waals surface area contributed by atoms with Crippen molar-refractivity contribution in [1.82, 2.24) is 4.90 Å². The molecule has 3 rings (SSSR count). The molecule has 8 heteroatoms. The molecule has 0 unspecified atom stereocenters. The molecule has 27 heavy (non-hydrogen) atoms. The van der Waals surface area contributed by atoms with E-state index in [9.17, 15) is 19.5 Å². The summed E-state index contributed by atoms with van der Waals surface area (Å²) >= 11 is 4.26. The van der Waals surface area contributed by atoms with E-state index in [0.29, 0.717) is 16.2 Å². The Morgan fingerprint density at radius 3 is 2.52 bits per heavy atom. The van der Waals surface area contributed by atoms with Gasteiger partial charge in [0.1, 0.15) is 12.4 Å². The lowest BCUT2D eigenvalue weighted by Crippen LogP contribution is -2.22. The van der Waals surface area contributed by atoms with E-state index in [1.165, 1.54) is 19.2 Å². The second kappa shape index (κ2) is 7.98. The van der Waals surface area contributed by atoms with Gasteiger partial charge in [0.15, 0.2) is 0 Å². The second-order valence-electron chi connectivity index (χ2n) is 5.70. The predicted molar refractivity (Wildman–Crippen MR) is 103 cm³/mol. The van der Waals surface area contributed by atoms with Crippen molar-refractivity contribution in [2.75, 3.05) is 7.05 Å². The van der Waals surface area contributed by atoms with Gasteiger partial charge < -0.3 is 14.6 Å². The topological polar surface area (TPSA) is 86.7 Å². The molecule has 1 aliphatic rings. The molecule has 6 nitrogen and oxygen atoms in total. The molecular weight excluding hydrogens is 434 g/mol. The van der Waals surface area contributed by atoms with Crippen LogP contribution in [-0.4, -0.2) is 29.1 Å². The molecule has 1 fully saturated rings. The van der Waals surface area contributed by atoms with Crippen molar-refractivity contribution < 1.29 is 24.2 Å². The van der Waals surface area contributed by atoms with Crippen LogP contribution in [-0.2, 0) is 11.4 Å². The van der Waals surface area contributed by atoms with Crippen molar-refractivity contribution in [2.45, 2.75) is 6.61 Å². The van der Waals surface area contributed by atoms with Crippen LogP contribution in [0.25, 0.3) is 6.08 Å². The highest BCUT2D eigenvalue weighted by Crippen LogP contribution is 2.34. The number of halogens is 1. The van der Waals surface area contributed by atoms with Gasteiger partial charge in [-0.05, 0) is 47.2 Å². The van der Waals surface area contributed by atoms with E-state index in [4.69, 9.17) is 4.74 Å². The van der Waals surface area contributed by atoms with Gasteiger partial charge in [-0.3, -0.25) is 14.5 Å². The van der Waals surface area contributed by atoms with Crippen LogP contribution in [0.2, 0.25) is 0 Å². The van der Waals surface area contributed by atoms with Gasteiger partial charge in [-0.15, -0.1) is 0 Å². The number of carboxylic acid groups (broad SMARTS) is 1. The number of carbonyl (C=O) groups excluding carboxylic acids is 3. The molecular formula is C19H13BrNO5S-. The molecule has 0 spiro atoms. The Kier molecular flexibility index (Phi) is 5.67. The van der Waals surface area contributed by atoms with Gasteiger partial charge in [-0.25, -0.2) is 0 Å². The van der Waals surface area contributed by atoms with Crippen molar-refractivity contribution in [3.05, 3.63) is 68.5 Å². The van der Waals surface area contributed by atoms with Gasteiger partial charge in [0.05, 0.1) is 10.9 Å². The first-order chi connectivity index (χ1) is 12.8. The van der Waals surface area contributed by atoms with Crippen molar-refractivity contribution in [3.8, 4) is 5.75 Å². The molecule has 1 aliphatic heterocycles. The Morgan fingerprint density at radius 1 is 1.22 bits per heavy atom. The number of imide groups is 1. The first-order valence-electron chi connectivity index (χ1n) is 7.79. The average molecular weight is 447 g/mol. The summed E-state index contributed by atoms with van der Waals surface area (Å²) in [6.07, 6.45) is 1.62. The number of likely N-dealkylation sites (N-methyl/N-ethyl adjacent to an activating group) is 1. The number of amides is 2. The maximum absolute atomic E-state index is 12.1. The summed E-state index contributed by atoms with van der Waals surface area (Å²) < 4.78 is 6.63.